The molecule has 1 aliphatic heterocycles. The molecular weight excluding hydrogens is 264 g/mol. The Labute approximate surface area is 125 Å². The molecule has 0 saturated carbocycles. The number of ether oxygens (including phenoxy) is 1. The molecule has 2 heterocycles. The number of piperidine rings is 1. The summed E-state index contributed by atoms with van der Waals surface area (Å²) in [5, 5.41) is 10.6. The minimum atomic E-state index is 0.305. The number of nitrogens with zero attached hydrogens (tertiary/aromatic N) is 1. The molecule has 21 heavy (non-hydrogen) atoms. The van der Waals surface area contributed by atoms with E-state index in [4.69, 9.17) is 4.74 Å². The summed E-state index contributed by atoms with van der Waals surface area (Å²) in [6.45, 7) is 5.52. The van der Waals surface area contributed by atoms with Crippen molar-refractivity contribution in [2.45, 2.75) is 26.3 Å². The van der Waals surface area contributed by atoms with Gasteiger partial charge in [-0.3, -0.25) is 4.90 Å². The monoisotopic (exact) mass is 288 g/mol. The Hall–Kier alpha value is -1.52. The third-order valence-corrected chi connectivity index (χ3v) is 4.61. The van der Waals surface area contributed by atoms with E-state index in [1.807, 2.05) is 6.07 Å². The van der Waals surface area contributed by atoms with Crippen molar-refractivity contribution in [3.8, 4) is 5.75 Å². The molecule has 4 heteroatoms. The van der Waals surface area contributed by atoms with Gasteiger partial charge >= 0.3 is 0 Å². The topological polar surface area (TPSA) is 48.5 Å². The average Bonchev–Trinajstić information content (AvgIpc) is 2.83. The fraction of sp³-hybridized carbons (Fsp3) is 0.529. The first kappa shape index (κ1) is 14.4. The number of aliphatic hydroxyl groups is 1. The van der Waals surface area contributed by atoms with Crippen molar-refractivity contribution in [1.82, 2.24) is 9.88 Å². The van der Waals surface area contributed by atoms with Crippen LogP contribution in [0.5, 0.6) is 5.75 Å². The highest BCUT2D eigenvalue weighted by Gasteiger charge is 2.20. The molecule has 0 radical (unpaired) electrons. The highest BCUT2D eigenvalue weighted by atomic mass is 16.5. The standard InChI is InChI=1S/C17H24N2O2/c1-12-15-8-14(21-2)5-6-16(15)18-17(12)10-19-7-3-4-13(9-19)11-20/h5-6,8,13,18,20H,3-4,7,9-11H2,1-2H3/t13-/m0/s1. The van der Waals surface area contributed by atoms with E-state index >= 15 is 0 Å². The van der Waals surface area contributed by atoms with Gasteiger partial charge in [-0.25, -0.2) is 0 Å². The van der Waals surface area contributed by atoms with Crippen molar-refractivity contribution in [2.24, 2.45) is 5.92 Å². The first-order chi connectivity index (χ1) is 10.2. The van der Waals surface area contributed by atoms with Crippen LogP contribution in [0.3, 0.4) is 0 Å². The second-order valence-corrected chi connectivity index (χ2v) is 6.07. The Morgan fingerprint density at radius 3 is 3.05 bits per heavy atom. The van der Waals surface area contributed by atoms with Crippen LogP contribution >= 0.6 is 0 Å². The minimum absolute atomic E-state index is 0.305. The predicted octanol–water partition coefficient (Wildman–Crippen LogP) is 2.69. The number of aryl methyl sites for hydroxylation is 1. The van der Waals surface area contributed by atoms with E-state index in [1.165, 1.54) is 28.6 Å². The Balaban J connectivity index is 1.82. The normalized spacial score (nSPS) is 20.0. The van der Waals surface area contributed by atoms with Crippen molar-refractivity contribution >= 4 is 10.9 Å². The zero-order valence-electron chi connectivity index (χ0n) is 12.9. The molecule has 2 aromatic rings. The van der Waals surface area contributed by atoms with Crippen LogP contribution in [0.1, 0.15) is 24.1 Å². The number of fused-ring (bicyclic) bond motifs is 1. The van der Waals surface area contributed by atoms with Crippen LogP contribution in [0.2, 0.25) is 0 Å². The predicted molar refractivity (Wildman–Crippen MR) is 84.7 cm³/mol. The fourth-order valence-corrected chi connectivity index (χ4v) is 3.31. The van der Waals surface area contributed by atoms with E-state index in [-0.39, 0.29) is 0 Å². The molecule has 3 rings (SSSR count). The lowest BCUT2D eigenvalue weighted by atomic mass is 9.99. The fourth-order valence-electron chi connectivity index (χ4n) is 3.31. The van der Waals surface area contributed by atoms with E-state index in [9.17, 15) is 5.11 Å². The highest BCUT2D eigenvalue weighted by Crippen LogP contribution is 2.27. The number of benzene rings is 1. The smallest absolute Gasteiger partial charge is 0.119 e. The number of aromatic nitrogens is 1. The van der Waals surface area contributed by atoms with Crippen LogP contribution in [0, 0.1) is 12.8 Å². The van der Waals surface area contributed by atoms with Gasteiger partial charge in [-0.05, 0) is 56.0 Å². The zero-order valence-corrected chi connectivity index (χ0v) is 12.9. The molecule has 1 aromatic heterocycles. The van der Waals surface area contributed by atoms with Gasteiger partial charge in [0.25, 0.3) is 0 Å². The zero-order chi connectivity index (χ0) is 14.8. The maximum atomic E-state index is 9.35. The minimum Gasteiger partial charge on any atom is -0.497 e. The molecule has 0 unspecified atom stereocenters. The van der Waals surface area contributed by atoms with Crippen molar-refractivity contribution in [1.29, 1.82) is 0 Å². The molecular formula is C17H24N2O2. The van der Waals surface area contributed by atoms with E-state index in [1.54, 1.807) is 7.11 Å². The van der Waals surface area contributed by atoms with Crippen LogP contribution in [0.15, 0.2) is 18.2 Å². The number of likely N-dealkylation sites (tertiary alicyclic amines) is 1. The number of methoxy groups -OCH3 is 1. The maximum absolute atomic E-state index is 9.35. The quantitative estimate of drug-likeness (QED) is 0.909. The second-order valence-electron chi connectivity index (χ2n) is 6.07. The van der Waals surface area contributed by atoms with Gasteiger partial charge in [0.15, 0.2) is 0 Å². The van der Waals surface area contributed by atoms with Crippen molar-refractivity contribution in [2.75, 3.05) is 26.8 Å². The Morgan fingerprint density at radius 2 is 2.29 bits per heavy atom. The number of hydrogen-bond acceptors (Lipinski definition) is 3. The Morgan fingerprint density at radius 1 is 1.43 bits per heavy atom. The summed E-state index contributed by atoms with van der Waals surface area (Å²) in [5.74, 6) is 1.33. The molecule has 0 aliphatic carbocycles. The van der Waals surface area contributed by atoms with E-state index in [2.05, 4.69) is 28.9 Å². The lowest BCUT2D eigenvalue weighted by Crippen LogP contribution is -2.36. The number of rotatable bonds is 4. The van der Waals surface area contributed by atoms with Gasteiger partial charge in [0.1, 0.15) is 5.75 Å². The van der Waals surface area contributed by atoms with E-state index in [0.717, 1.165) is 31.8 Å². The summed E-state index contributed by atoms with van der Waals surface area (Å²) in [6.07, 6.45) is 2.33. The third kappa shape index (κ3) is 2.92. The molecule has 1 aliphatic rings. The number of aromatic amines is 1. The summed E-state index contributed by atoms with van der Waals surface area (Å²) in [4.78, 5) is 5.98. The lowest BCUT2D eigenvalue weighted by molar-refractivity contribution is 0.115. The van der Waals surface area contributed by atoms with Gasteiger partial charge in [-0.15, -0.1) is 0 Å². The molecule has 1 saturated heterocycles. The van der Waals surface area contributed by atoms with Crippen LogP contribution in [-0.2, 0) is 6.54 Å². The lowest BCUT2D eigenvalue weighted by Gasteiger charge is -2.31. The number of H-pyrrole nitrogens is 1. The number of hydrogen-bond donors (Lipinski definition) is 2. The Bertz CT molecular complexity index is 621. The first-order valence-electron chi connectivity index (χ1n) is 7.69. The highest BCUT2D eigenvalue weighted by molar-refractivity contribution is 5.85. The van der Waals surface area contributed by atoms with Gasteiger partial charge < -0.3 is 14.8 Å². The maximum Gasteiger partial charge on any atom is 0.119 e. The van der Waals surface area contributed by atoms with Crippen LogP contribution in [-0.4, -0.2) is 41.8 Å². The Kier molecular flexibility index (Phi) is 4.17. The van der Waals surface area contributed by atoms with Gasteiger partial charge in [0.2, 0.25) is 0 Å². The number of aliphatic hydroxyl groups excluding tert-OH is 1. The molecule has 4 nitrogen and oxygen atoms in total. The molecule has 1 fully saturated rings. The molecule has 2 N–H and O–H groups in total. The van der Waals surface area contributed by atoms with Crippen LogP contribution < -0.4 is 4.74 Å². The third-order valence-electron chi connectivity index (χ3n) is 4.61. The molecule has 0 spiro atoms. The van der Waals surface area contributed by atoms with Gasteiger partial charge in [-0.1, -0.05) is 0 Å². The van der Waals surface area contributed by atoms with Gasteiger partial charge in [-0.2, -0.15) is 0 Å². The molecule has 114 valence electrons. The summed E-state index contributed by atoms with van der Waals surface area (Å²) in [7, 11) is 1.70. The molecule has 0 bridgehead atoms. The molecule has 0 amide bonds. The number of nitrogens with one attached hydrogen (secondary N) is 1. The van der Waals surface area contributed by atoms with Gasteiger partial charge in [0.05, 0.1) is 7.11 Å². The first-order valence-corrected chi connectivity index (χ1v) is 7.69. The second kappa shape index (κ2) is 6.08. The van der Waals surface area contributed by atoms with E-state index < -0.39 is 0 Å². The SMILES string of the molecule is COc1ccc2[nH]c(CN3CCC[C@H](CO)C3)c(C)c2c1. The molecule has 1 atom stereocenters. The van der Waals surface area contributed by atoms with Crippen molar-refractivity contribution in [3.63, 3.8) is 0 Å². The molecule has 1 aromatic carbocycles. The van der Waals surface area contributed by atoms with Crippen molar-refractivity contribution < 1.29 is 9.84 Å². The summed E-state index contributed by atoms with van der Waals surface area (Å²) >= 11 is 0. The van der Waals surface area contributed by atoms with Crippen LogP contribution in [0.25, 0.3) is 10.9 Å². The largest absolute Gasteiger partial charge is 0.497 e. The summed E-state index contributed by atoms with van der Waals surface area (Å²) in [5.41, 5.74) is 3.74. The summed E-state index contributed by atoms with van der Waals surface area (Å²) in [6, 6.07) is 6.17. The van der Waals surface area contributed by atoms with Gasteiger partial charge in [0, 0.05) is 36.3 Å². The van der Waals surface area contributed by atoms with Crippen molar-refractivity contribution in [3.05, 3.63) is 29.5 Å². The average molecular weight is 288 g/mol. The summed E-state index contributed by atoms with van der Waals surface area (Å²) < 4.78 is 5.31. The van der Waals surface area contributed by atoms with E-state index in [0.29, 0.717) is 12.5 Å². The van der Waals surface area contributed by atoms with Crippen LogP contribution in [0.4, 0.5) is 0 Å².